The Morgan fingerprint density at radius 2 is 0.579 bits per heavy atom. The third kappa shape index (κ3) is 50.9. The maximum atomic E-state index is 11.8. The number of hydrogen-bond acceptors (Lipinski definition) is 26. The molecule has 28 nitrogen and oxygen atoms in total. The number of ketones is 2. The van der Waals surface area contributed by atoms with Crippen LogP contribution in [-0.2, 0) is 96.7 Å². The van der Waals surface area contributed by atoms with Crippen molar-refractivity contribution in [2.45, 2.75) is 153 Å². The monoisotopic (exact) mass is 1690 g/mol. The van der Waals surface area contributed by atoms with Crippen molar-refractivity contribution in [1.29, 1.82) is 0 Å². The third-order valence-electron chi connectivity index (χ3n) is 16.4. The van der Waals surface area contributed by atoms with Crippen molar-refractivity contribution in [2.75, 3.05) is 92.4 Å². The molecule has 28 heteroatoms. The summed E-state index contributed by atoms with van der Waals surface area (Å²) in [7, 11) is 0. The molecule has 0 fully saturated rings. The van der Waals surface area contributed by atoms with Gasteiger partial charge in [-0.05, 0) is 161 Å². The van der Waals surface area contributed by atoms with Crippen molar-refractivity contribution in [1.82, 2.24) is 10.6 Å². The number of benzene rings is 4. The molecule has 2 amide bonds. The summed E-state index contributed by atoms with van der Waals surface area (Å²) in [5.41, 5.74) is 6.54. The Labute approximate surface area is 714 Å². The minimum atomic E-state index is -0.951. The van der Waals surface area contributed by atoms with Gasteiger partial charge in [-0.2, -0.15) is 0 Å². The van der Waals surface area contributed by atoms with E-state index in [-0.39, 0.29) is 122 Å². The average Bonchev–Trinajstić information content (AvgIpc) is 0.807. The lowest BCUT2D eigenvalue weighted by Crippen LogP contribution is -2.36. The smallest absolute Gasteiger partial charge is 0.407 e. The van der Waals surface area contributed by atoms with Gasteiger partial charge in [0.1, 0.15) is 115 Å². The molecule has 0 radical (unpaired) electrons. The van der Waals surface area contributed by atoms with Gasteiger partial charge in [0.25, 0.3) is 0 Å². The summed E-state index contributed by atoms with van der Waals surface area (Å²) < 4.78 is 61.4. The number of nitrogens with one attached hydrogen (secondary N) is 2. The molecule has 4 aromatic carbocycles. The molecule has 0 aliphatic carbocycles. The number of esters is 6. The van der Waals surface area contributed by atoms with Gasteiger partial charge in [-0.15, -0.1) is 13.2 Å². The number of aliphatic hydroxyl groups excluding tert-OH is 2. The van der Waals surface area contributed by atoms with Gasteiger partial charge in [-0.1, -0.05) is 150 Å². The van der Waals surface area contributed by atoms with Crippen molar-refractivity contribution < 1.29 is 125 Å². The Hall–Kier alpha value is -12.3. The highest BCUT2D eigenvalue weighted by Gasteiger charge is 2.27. The Balaban J connectivity index is -0.00000156. The average molecular weight is 1690 g/mol. The third-order valence-corrected chi connectivity index (χ3v) is 16.4. The lowest BCUT2D eigenvalue weighted by Gasteiger charge is -2.28. The van der Waals surface area contributed by atoms with E-state index < -0.39 is 60.2 Å². The van der Waals surface area contributed by atoms with Crippen LogP contribution in [0.3, 0.4) is 0 Å². The maximum Gasteiger partial charge on any atom is 0.407 e. The topological polar surface area (TPSA) is 380 Å². The fourth-order valence-electron chi connectivity index (χ4n) is 9.48. The van der Waals surface area contributed by atoms with E-state index in [1.807, 2.05) is 124 Å². The van der Waals surface area contributed by atoms with Crippen molar-refractivity contribution in [3.05, 3.63) is 230 Å². The van der Waals surface area contributed by atoms with E-state index >= 15 is 0 Å². The van der Waals surface area contributed by atoms with E-state index in [1.54, 1.807) is 27.7 Å². The van der Waals surface area contributed by atoms with Crippen LogP contribution in [0.25, 0.3) is 0 Å². The lowest BCUT2D eigenvalue weighted by molar-refractivity contribution is -0.147. The second kappa shape index (κ2) is 61.9. The molecule has 0 aliphatic heterocycles. The van der Waals surface area contributed by atoms with Gasteiger partial charge in [0, 0.05) is 70.2 Å². The molecule has 4 N–H and O–H groups in total. The summed E-state index contributed by atoms with van der Waals surface area (Å²) in [6, 6.07) is 31.0. The van der Waals surface area contributed by atoms with Gasteiger partial charge in [0.15, 0.2) is 11.6 Å². The quantitative estimate of drug-likeness (QED) is 0.0105. The number of ether oxygens (including phenoxy) is 12. The first kappa shape index (κ1) is 113. The first-order valence-electron chi connectivity index (χ1n) is 38.3. The van der Waals surface area contributed by atoms with Crippen LogP contribution in [0.2, 0.25) is 0 Å². The number of carbonyl (C=O) groups is 12. The van der Waals surface area contributed by atoms with Crippen LogP contribution >= 0.6 is 0 Å². The molecule has 121 heavy (non-hydrogen) atoms. The highest BCUT2D eigenvalue weighted by atomic mass is 16.6. The lowest BCUT2D eigenvalue weighted by atomic mass is 9.78. The summed E-state index contributed by atoms with van der Waals surface area (Å²) in [6.07, 6.45) is -0.873. The Morgan fingerprint density at radius 3 is 0.835 bits per heavy atom. The predicted octanol–water partition coefficient (Wildman–Crippen LogP) is 14.3. The van der Waals surface area contributed by atoms with Crippen molar-refractivity contribution in [3.63, 3.8) is 0 Å². The minimum absolute atomic E-state index is 0.0152. The van der Waals surface area contributed by atoms with Gasteiger partial charge in [0.2, 0.25) is 0 Å². The fourth-order valence-corrected chi connectivity index (χ4v) is 9.48. The van der Waals surface area contributed by atoms with Crippen LogP contribution in [0.5, 0.6) is 23.0 Å². The zero-order valence-corrected chi connectivity index (χ0v) is 73.4. The number of aliphatic hydroxyl groups is 2. The van der Waals surface area contributed by atoms with Crippen LogP contribution < -0.4 is 29.6 Å². The van der Waals surface area contributed by atoms with Gasteiger partial charge < -0.3 is 87.3 Å². The van der Waals surface area contributed by atoms with Crippen LogP contribution in [0.4, 0.5) is 9.59 Å². The Kier molecular flexibility index (Phi) is 57.8. The van der Waals surface area contributed by atoms with E-state index in [9.17, 15) is 58.2 Å². The largest absolute Gasteiger partial charge is 0.493 e. The molecule has 4 aromatic rings. The molecule has 0 saturated heterocycles. The van der Waals surface area contributed by atoms with Crippen molar-refractivity contribution in [3.8, 4) is 23.0 Å². The summed E-state index contributed by atoms with van der Waals surface area (Å²) in [4.78, 5) is 130. The molecule has 666 valence electrons. The second-order valence-electron chi connectivity index (χ2n) is 29.1. The number of amides is 2. The molecule has 3 unspecified atom stereocenters. The highest BCUT2D eigenvalue weighted by Crippen LogP contribution is 2.35. The molecule has 0 saturated carbocycles. The number of carbonyl (C=O) groups excluding carboxylic acids is 12. The molecular formula is C93H128N2O26. The molecule has 0 aliphatic rings. The molecule has 0 spiro atoms. The molecule has 0 bridgehead atoms. The first-order valence-corrected chi connectivity index (χ1v) is 38.3. The summed E-state index contributed by atoms with van der Waals surface area (Å²) in [6.45, 7) is 66.4. The Morgan fingerprint density at radius 1 is 0.339 bits per heavy atom. The molecule has 0 heterocycles. The summed E-state index contributed by atoms with van der Waals surface area (Å²) >= 11 is 0. The van der Waals surface area contributed by atoms with Gasteiger partial charge in [0.05, 0.1) is 13.2 Å². The number of allylic oxidation sites excluding steroid dienone is 2. The number of alkyl carbamates (subject to hydrolysis) is 2. The first-order chi connectivity index (χ1) is 56.8. The standard InChI is InChI=1S/C29H36O8.C27H32O4.C23H38N2O8.C10H14O4.C2H4.2CH2O/c1-19(2)27(32)36-17-23(30)15-34-25-11-7-21(8-12-25)29(5,6)22-9-13-26(14-10-22)35-16-24(31)18-37-28(33)20(3)4;1-19(2)25(28)15-17-30-23-11-7-21(8-12-23)27(5,6)22-9-13-24(14-10-22)31-18-16-26(29)20(3)4;1-16(2)19(26)30-10-12-32-21(28)24-9-8-18(5)14-23(6,7)15-25-22(29)33-13-11-31-20(27)17(3)4;1-7(2)9(11)13-5-6-14-10(12)8(3)4;3*1-2/h7-14,23-24,30-31H,1,3,15-18H2,2,4-6H3;7-14H,1,3,15-18H2,2,4-6H3;18H,1,3,8-15H2,2,4-7H3,(H,24,28)(H,25,29);1,3,5-6H2,2,4H3;1-2H2;2*1H2. The Bertz CT molecular complexity index is 3810. The van der Waals surface area contributed by atoms with E-state index in [0.717, 1.165) is 46.6 Å². The molecule has 4 rings (SSSR count). The van der Waals surface area contributed by atoms with Crippen molar-refractivity contribution in [2.24, 2.45) is 11.3 Å². The number of Topliss-reactive ketones (excluding diaryl/α,β-unsaturated/α-hetero) is 2. The van der Waals surface area contributed by atoms with Gasteiger partial charge >= 0.3 is 48.0 Å². The summed E-state index contributed by atoms with van der Waals surface area (Å²) in [5, 5.41) is 25.3. The van der Waals surface area contributed by atoms with Gasteiger partial charge in [-0.25, -0.2) is 38.4 Å². The van der Waals surface area contributed by atoms with E-state index in [1.165, 1.54) is 27.7 Å². The van der Waals surface area contributed by atoms with Crippen LogP contribution in [0.1, 0.15) is 152 Å². The van der Waals surface area contributed by atoms with E-state index in [2.05, 4.69) is 121 Å². The van der Waals surface area contributed by atoms with Gasteiger partial charge in [-0.3, -0.25) is 9.59 Å². The number of rotatable bonds is 46. The fraction of sp³-hybridized carbons (Fsp3) is 0.419. The van der Waals surface area contributed by atoms with Crippen LogP contribution in [-0.4, -0.2) is 188 Å². The highest BCUT2D eigenvalue weighted by molar-refractivity contribution is 5.95. The summed E-state index contributed by atoms with van der Waals surface area (Å²) in [5.74, 6) is -0.173. The SMILES string of the molecule is C=C.C=C(C)C(=O)CCOc1ccc(C(C)(C)c2ccc(OCCC(=O)C(=C)C)cc2)cc1.C=C(C)C(=O)OCC(O)COc1ccc(C(C)(C)c2ccc(OCC(O)COC(=O)C(=C)C)cc2)cc1.C=C(C)C(=O)OCCOC(=O)C(=C)C.C=C(C)C(=O)OCCOC(=O)NCCC(C)CC(C)(C)CNC(=O)OCCOC(=O)C(=C)C.C=O.C=O. The van der Waals surface area contributed by atoms with E-state index in [4.69, 9.17) is 57.0 Å². The molecular weight excluding hydrogens is 1560 g/mol. The van der Waals surface area contributed by atoms with E-state index in [0.29, 0.717) is 72.9 Å². The van der Waals surface area contributed by atoms with Crippen LogP contribution in [0, 0.1) is 11.3 Å². The predicted molar refractivity (Wildman–Crippen MR) is 464 cm³/mol. The maximum absolute atomic E-state index is 11.8. The normalized spacial score (nSPS) is 11.0. The second-order valence-corrected chi connectivity index (χ2v) is 29.1. The zero-order valence-electron chi connectivity index (χ0n) is 73.4. The van der Waals surface area contributed by atoms with Crippen LogP contribution in [0.15, 0.2) is 207 Å². The minimum Gasteiger partial charge on any atom is -0.493 e. The number of hydrogen-bond donors (Lipinski definition) is 4. The molecule has 3 atom stereocenters. The molecule has 0 aromatic heterocycles. The van der Waals surface area contributed by atoms with Crippen molar-refractivity contribution >= 4 is 73.1 Å². The zero-order chi connectivity index (χ0) is 93.2.